The number of hydrogen-bond donors (Lipinski definition) is 1. The van der Waals surface area contributed by atoms with Crippen LogP contribution in [-0.4, -0.2) is 37.3 Å². The van der Waals surface area contributed by atoms with Crippen molar-refractivity contribution in [1.29, 1.82) is 0 Å². The Labute approximate surface area is 142 Å². The van der Waals surface area contributed by atoms with Crippen LogP contribution in [0.2, 0.25) is 0 Å². The normalized spacial score (nSPS) is 17.1. The zero-order valence-electron chi connectivity index (χ0n) is 11.8. The van der Waals surface area contributed by atoms with Gasteiger partial charge in [-0.25, -0.2) is 13.2 Å². The van der Waals surface area contributed by atoms with Crippen LogP contribution in [-0.2, 0) is 0 Å². The third-order valence-electron chi connectivity index (χ3n) is 3.41. The molecule has 1 aromatic rings. The molecule has 1 aromatic carbocycles. The summed E-state index contributed by atoms with van der Waals surface area (Å²) in [7, 11) is 0. The third kappa shape index (κ3) is 6.02. The van der Waals surface area contributed by atoms with E-state index in [9.17, 15) is 26.3 Å². The van der Waals surface area contributed by atoms with Gasteiger partial charge >= 0.3 is 6.18 Å². The highest BCUT2D eigenvalue weighted by Crippen LogP contribution is 2.35. The number of alkyl halides is 3. The van der Waals surface area contributed by atoms with Crippen molar-refractivity contribution >= 4 is 24.8 Å². The summed E-state index contributed by atoms with van der Waals surface area (Å²) >= 11 is 0. The van der Waals surface area contributed by atoms with Crippen LogP contribution in [0.15, 0.2) is 12.1 Å². The van der Waals surface area contributed by atoms with Gasteiger partial charge in [-0.1, -0.05) is 0 Å². The van der Waals surface area contributed by atoms with E-state index in [-0.39, 0.29) is 30.4 Å². The summed E-state index contributed by atoms with van der Waals surface area (Å²) < 4.78 is 77.7. The van der Waals surface area contributed by atoms with Crippen molar-refractivity contribution in [2.24, 2.45) is 0 Å². The van der Waals surface area contributed by atoms with Gasteiger partial charge in [0.15, 0.2) is 17.5 Å². The predicted molar refractivity (Wildman–Crippen MR) is 78.7 cm³/mol. The molecule has 0 bridgehead atoms. The second kappa shape index (κ2) is 8.96. The summed E-state index contributed by atoms with van der Waals surface area (Å²) in [4.78, 5) is 1.50. The van der Waals surface area contributed by atoms with E-state index in [0.717, 1.165) is 0 Å². The molecule has 0 unspecified atom stereocenters. The molecule has 1 saturated heterocycles. The molecule has 1 aliphatic heterocycles. The molecule has 2 rings (SSSR count). The maximum Gasteiger partial charge on any atom is 0.390 e. The van der Waals surface area contributed by atoms with Gasteiger partial charge in [-0.05, 0) is 17.7 Å². The maximum absolute atomic E-state index is 13.3. The van der Waals surface area contributed by atoms with Crippen LogP contribution in [0.3, 0.4) is 0 Å². The third-order valence-corrected chi connectivity index (χ3v) is 3.41. The quantitative estimate of drug-likeness (QED) is 0.628. The maximum atomic E-state index is 13.3. The largest absolute Gasteiger partial charge is 0.390 e. The van der Waals surface area contributed by atoms with E-state index in [1.165, 1.54) is 4.90 Å². The molecule has 1 fully saturated rings. The fourth-order valence-electron chi connectivity index (χ4n) is 2.44. The average Bonchev–Trinajstić information content (AvgIpc) is 2.41. The average molecular weight is 385 g/mol. The second-order valence-electron chi connectivity index (χ2n) is 4.92. The standard InChI is InChI=1S/C13H14F6N2.2ClH/c14-9-5-8(6-10(15)12(9)16)11(7-13(17,18)19)21-3-1-20-2-4-21;;/h5-6,11,20H,1-4,7H2;2*1H/t11-;;/m0../s1. The molecule has 1 heterocycles. The molecule has 1 N–H and O–H groups in total. The van der Waals surface area contributed by atoms with Crippen molar-refractivity contribution in [3.8, 4) is 0 Å². The lowest BCUT2D eigenvalue weighted by molar-refractivity contribution is -0.148. The van der Waals surface area contributed by atoms with Gasteiger partial charge in [0, 0.05) is 32.2 Å². The monoisotopic (exact) mass is 384 g/mol. The molecule has 0 amide bonds. The minimum Gasteiger partial charge on any atom is -0.314 e. The molecule has 0 spiro atoms. The Morgan fingerprint density at radius 2 is 1.48 bits per heavy atom. The van der Waals surface area contributed by atoms with Gasteiger partial charge in [-0.2, -0.15) is 13.2 Å². The summed E-state index contributed by atoms with van der Waals surface area (Å²) in [6.45, 7) is 1.61. The zero-order valence-corrected chi connectivity index (χ0v) is 13.4. The molecule has 0 aromatic heterocycles. The molecular weight excluding hydrogens is 369 g/mol. The van der Waals surface area contributed by atoms with E-state index in [1.807, 2.05) is 0 Å². The van der Waals surface area contributed by atoms with E-state index < -0.39 is 36.1 Å². The van der Waals surface area contributed by atoms with Crippen LogP contribution in [0.4, 0.5) is 26.3 Å². The molecule has 1 atom stereocenters. The van der Waals surface area contributed by atoms with Crippen LogP contribution >= 0.6 is 24.8 Å². The predicted octanol–water partition coefficient (Wildman–Crippen LogP) is 3.85. The van der Waals surface area contributed by atoms with Gasteiger partial charge in [0.1, 0.15) is 0 Å². The lowest BCUT2D eigenvalue weighted by Gasteiger charge is -2.35. The van der Waals surface area contributed by atoms with Crippen molar-refractivity contribution < 1.29 is 26.3 Å². The SMILES string of the molecule is Cl.Cl.Fc1cc([C@H](CC(F)(F)F)N2CCNCC2)cc(F)c1F. The Balaban J connectivity index is 0.00000242. The number of benzene rings is 1. The fourth-order valence-corrected chi connectivity index (χ4v) is 2.44. The Morgan fingerprint density at radius 3 is 1.91 bits per heavy atom. The number of halogens is 8. The van der Waals surface area contributed by atoms with Gasteiger partial charge in [0.25, 0.3) is 0 Å². The number of nitrogens with zero attached hydrogens (tertiary/aromatic N) is 1. The van der Waals surface area contributed by atoms with Gasteiger partial charge in [-0.15, -0.1) is 24.8 Å². The smallest absolute Gasteiger partial charge is 0.314 e. The Hall–Kier alpha value is -0.700. The summed E-state index contributed by atoms with van der Waals surface area (Å²) in [5.74, 6) is -4.63. The first-order chi connectivity index (χ1) is 9.78. The number of nitrogens with one attached hydrogen (secondary N) is 1. The van der Waals surface area contributed by atoms with E-state index >= 15 is 0 Å². The van der Waals surface area contributed by atoms with Gasteiger partial charge in [0.2, 0.25) is 0 Å². The summed E-state index contributed by atoms with van der Waals surface area (Å²) in [5, 5.41) is 2.98. The first-order valence-corrected chi connectivity index (χ1v) is 6.44. The van der Waals surface area contributed by atoms with Crippen LogP contribution in [0.5, 0.6) is 0 Å². The van der Waals surface area contributed by atoms with Crippen LogP contribution in [0.25, 0.3) is 0 Å². The Morgan fingerprint density at radius 1 is 1.00 bits per heavy atom. The van der Waals surface area contributed by atoms with Gasteiger partial charge in [0.05, 0.1) is 6.42 Å². The van der Waals surface area contributed by atoms with E-state index in [1.54, 1.807) is 0 Å². The summed E-state index contributed by atoms with van der Waals surface area (Å²) in [6.07, 6.45) is -5.73. The highest BCUT2D eigenvalue weighted by atomic mass is 35.5. The molecule has 0 saturated carbocycles. The van der Waals surface area contributed by atoms with Gasteiger partial charge in [-0.3, -0.25) is 4.90 Å². The summed E-state index contributed by atoms with van der Waals surface area (Å²) in [6, 6.07) is 0.0463. The van der Waals surface area contributed by atoms with Crippen molar-refractivity contribution in [2.45, 2.75) is 18.6 Å². The topological polar surface area (TPSA) is 15.3 Å². The molecule has 0 radical (unpaired) electrons. The van der Waals surface area contributed by atoms with Crippen molar-refractivity contribution in [3.63, 3.8) is 0 Å². The fraction of sp³-hybridized carbons (Fsp3) is 0.538. The first-order valence-electron chi connectivity index (χ1n) is 6.44. The molecular formula is C13H16Cl2F6N2. The second-order valence-corrected chi connectivity index (χ2v) is 4.92. The lowest BCUT2D eigenvalue weighted by Crippen LogP contribution is -2.46. The lowest BCUT2D eigenvalue weighted by atomic mass is 10.00. The highest BCUT2D eigenvalue weighted by Gasteiger charge is 2.36. The van der Waals surface area contributed by atoms with Crippen LogP contribution in [0, 0.1) is 17.5 Å². The molecule has 2 nitrogen and oxygen atoms in total. The van der Waals surface area contributed by atoms with E-state index in [0.29, 0.717) is 38.3 Å². The van der Waals surface area contributed by atoms with E-state index in [2.05, 4.69) is 5.32 Å². The zero-order chi connectivity index (χ0) is 15.6. The van der Waals surface area contributed by atoms with Crippen molar-refractivity contribution in [1.82, 2.24) is 10.2 Å². The van der Waals surface area contributed by atoms with Crippen molar-refractivity contribution in [3.05, 3.63) is 35.1 Å². The first kappa shape index (κ1) is 22.3. The number of hydrogen-bond acceptors (Lipinski definition) is 2. The molecule has 134 valence electrons. The summed E-state index contributed by atoms with van der Waals surface area (Å²) in [5.41, 5.74) is -0.203. The van der Waals surface area contributed by atoms with Crippen molar-refractivity contribution in [2.75, 3.05) is 26.2 Å². The Bertz CT molecular complexity index is 483. The Kier molecular flexibility index (Phi) is 8.69. The molecule has 23 heavy (non-hydrogen) atoms. The van der Waals surface area contributed by atoms with Crippen LogP contribution < -0.4 is 5.32 Å². The minimum atomic E-state index is -4.49. The number of piperazine rings is 1. The number of rotatable bonds is 3. The van der Waals surface area contributed by atoms with Gasteiger partial charge < -0.3 is 5.32 Å². The highest BCUT2D eigenvalue weighted by molar-refractivity contribution is 5.85. The molecule has 10 heteroatoms. The minimum absolute atomic E-state index is 0. The molecule has 1 aliphatic rings. The van der Waals surface area contributed by atoms with E-state index in [4.69, 9.17) is 0 Å². The molecule has 0 aliphatic carbocycles. The van der Waals surface area contributed by atoms with Crippen LogP contribution in [0.1, 0.15) is 18.0 Å².